The highest BCUT2D eigenvalue weighted by atomic mass is 19.1. The summed E-state index contributed by atoms with van der Waals surface area (Å²) in [7, 11) is 0. The first-order valence-corrected chi connectivity index (χ1v) is 6.25. The van der Waals surface area contributed by atoms with Gasteiger partial charge in [0.2, 0.25) is 0 Å². The van der Waals surface area contributed by atoms with E-state index >= 15 is 0 Å². The Morgan fingerprint density at radius 1 is 1.32 bits per heavy atom. The summed E-state index contributed by atoms with van der Waals surface area (Å²) >= 11 is 0. The van der Waals surface area contributed by atoms with Crippen molar-refractivity contribution in [3.8, 4) is 0 Å². The monoisotopic (exact) mass is 260 g/mol. The first kappa shape index (κ1) is 13.3. The number of halogens is 1. The summed E-state index contributed by atoms with van der Waals surface area (Å²) in [6, 6.07) is 8.42. The zero-order chi connectivity index (χ0) is 13.8. The SMILES string of the molecule is Cc1cc(C(=O)NCCc2ccccc2F)c(C)[nH]1. The summed E-state index contributed by atoms with van der Waals surface area (Å²) in [5, 5.41) is 2.80. The number of H-pyrrole nitrogens is 1. The molecule has 19 heavy (non-hydrogen) atoms. The molecule has 1 heterocycles. The van der Waals surface area contributed by atoms with E-state index in [9.17, 15) is 9.18 Å². The first-order valence-electron chi connectivity index (χ1n) is 6.25. The van der Waals surface area contributed by atoms with E-state index < -0.39 is 0 Å². The minimum absolute atomic E-state index is 0.127. The molecule has 4 heteroatoms. The van der Waals surface area contributed by atoms with Crippen LogP contribution in [0.2, 0.25) is 0 Å². The Labute approximate surface area is 111 Å². The van der Waals surface area contributed by atoms with Crippen LogP contribution in [-0.4, -0.2) is 17.4 Å². The lowest BCUT2D eigenvalue weighted by Gasteiger charge is -2.05. The molecule has 1 aromatic carbocycles. The van der Waals surface area contributed by atoms with Crippen LogP contribution in [0.4, 0.5) is 4.39 Å². The molecule has 0 aliphatic heterocycles. The van der Waals surface area contributed by atoms with Crippen LogP contribution < -0.4 is 5.32 Å². The van der Waals surface area contributed by atoms with E-state index in [2.05, 4.69) is 10.3 Å². The van der Waals surface area contributed by atoms with Gasteiger partial charge in [-0.05, 0) is 38.0 Å². The number of carbonyl (C=O) groups excluding carboxylic acids is 1. The van der Waals surface area contributed by atoms with Crippen molar-refractivity contribution in [1.29, 1.82) is 0 Å². The normalized spacial score (nSPS) is 10.5. The molecule has 1 amide bonds. The van der Waals surface area contributed by atoms with Gasteiger partial charge in [-0.2, -0.15) is 0 Å². The third kappa shape index (κ3) is 3.22. The molecule has 3 nitrogen and oxygen atoms in total. The smallest absolute Gasteiger partial charge is 0.253 e. The Hall–Kier alpha value is -2.10. The quantitative estimate of drug-likeness (QED) is 0.872. The van der Waals surface area contributed by atoms with E-state index in [0.29, 0.717) is 24.1 Å². The molecule has 0 saturated heterocycles. The lowest BCUT2D eigenvalue weighted by atomic mass is 10.1. The molecule has 1 aromatic heterocycles. The number of hydrogen-bond donors (Lipinski definition) is 2. The number of benzene rings is 1. The number of amides is 1. The van der Waals surface area contributed by atoms with Gasteiger partial charge >= 0.3 is 0 Å². The van der Waals surface area contributed by atoms with Crippen LogP contribution in [0.3, 0.4) is 0 Å². The van der Waals surface area contributed by atoms with Gasteiger partial charge < -0.3 is 10.3 Å². The lowest BCUT2D eigenvalue weighted by molar-refractivity contribution is 0.0953. The molecule has 0 saturated carbocycles. The van der Waals surface area contributed by atoms with E-state index in [1.807, 2.05) is 19.9 Å². The van der Waals surface area contributed by atoms with Crippen molar-refractivity contribution < 1.29 is 9.18 Å². The third-order valence-electron chi connectivity index (χ3n) is 3.03. The molecule has 2 rings (SSSR count). The maximum Gasteiger partial charge on any atom is 0.253 e. The van der Waals surface area contributed by atoms with Crippen LogP contribution in [0, 0.1) is 19.7 Å². The number of carbonyl (C=O) groups is 1. The number of aryl methyl sites for hydroxylation is 2. The number of nitrogens with one attached hydrogen (secondary N) is 2. The van der Waals surface area contributed by atoms with Gasteiger partial charge in [-0.3, -0.25) is 4.79 Å². The number of aromatic amines is 1. The van der Waals surface area contributed by atoms with Crippen LogP contribution >= 0.6 is 0 Å². The standard InChI is InChI=1S/C15H17FN2O/c1-10-9-13(11(2)18-10)15(19)17-8-7-12-5-3-4-6-14(12)16/h3-6,9,18H,7-8H2,1-2H3,(H,17,19). The zero-order valence-corrected chi connectivity index (χ0v) is 11.1. The molecule has 2 N–H and O–H groups in total. The van der Waals surface area contributed by atoms with Crippen LogP contribution in [0.25, 0.3) is 0 Å². The van der Waals surface area contributed by atoms with Gasteiger partial charge in [0.25, 0.3) is 5.91 Å². The molecule has 0 spiro atoms. The molecule has 2 aromatic rings. The average Bonchev–Trinajstić information content (AvgIpc) is 2.71. The fraction of sp³-hybridized carbons (Fsp3) is 0.267. The fourth-order valence-electron chi connectivity index (χ4n) is 2.07. The summed E-state index contributed by atoms with van der Waals surface area (Å²) in [5.41, 5.74) is 3.06. The minimum atomic E-state index is -0.231. The number of hydrogen-bond acceptors (Lipinski definition) is 1. The second-order valence-corrected chi connectivity index (χ2v) is 4.59. The Bertz CT molecular complexity index is 590. The summed E-state index contributed by atoms with van der Waals surface area (Å²) in [6.45, 7) is 4.19. The predicted molar refractivity (Wildman–Crippen MR) is 72.7 cm³/mol. The molecule has 0 bridgehead atoms. The maximum absolute atomic E-state index is 13.4. The minimum Gasteiger partial charge on any atom is -0.362 e. The summed E-state index contributed by atoms with van der Waals surface area (Å²) in [5.74, 6) is -0.358. The summed E-state index contributed by atoms with van der Waals surface area (Å²) < 4.78 is 13.4. The Morgan fingerprint density at radius 2 is 2.05 bits per heavy atom. The molecule has 0 radical (unpaired) electrons. The topological polar surface area (TPSA) is 44.9 Å². The van der Waals surface area contributed by atoms with E-state index in [1.165, 1.54) is 6.07 Å². The van der Waals surface area contributed by atoms with E-state index in [1.54, 1.807) is 18.2 Å². The summed E-state index contributed by atoms with van der Waals surface area (Å²) in [6.07, 6.45) is 0.487. The van der Waals surface area contributed by atoms with Gasteiger partial charge in [-0.15, -0.1) is 0 Å². The molecule has 0 fully saturated rings. The summed E-state index contributed by atoms with van der Waals surface area (Å²) in [4.78, 5) is 15.0. The van der Waals surface area contributed by atoms with Crippen molar-refractivity contribution in [3.05, 3.63) is 58.7 Å². The molecular weight excluding hydrogens is 243 g/mol. The molecular formula is C15H17FN2O. The highest BCUT2D eigenvalue weighted by molar-refractivity contribution is 5.95. The Balaban J connectivity index is 1.91. The van der Waals surface area contributed by atoms with Gasteiger partial charge in [0, 0.05) is 17.9 Å². The highest BCUT2D eigenvalue weighted by Crippen LogP contribution is 2.09. The molecule has 0 unspecified atom stereocenters. The van der Waals surface area contributed by atoms with Crippen molar-refractivity contribution in [2.75, 3.05) is 6.54 Å². The maximum atomic E-state index is 13.4. The van der Waals surface area contributed by atoms with Crippen LogP contribution in [0.1, 0.15) is 27.3 Å². The second kappa shape index (κ2) is 5.69. The van der Waals surface area contributed by atoms with Gasteiger partial charge in [-0.1, -0.05) is 18.2 Å². The van der Waals surface area contributed by atoms with Crippen LogP contribution in [0.15, 0.2) is 30.3 Å². The zero-order valence-electron chi connectivity index (χ0n) is 11.1. The highest BCUT2D eigenvalue weighted by Gasteiger charge is 2.11. The predicted octanol–water partition coefficient (Wildman–Crippen LogP) is 2.74. The van der Waals surface area contributed by atoms with Crippen LogP contribution in [-0.2, 0) is 6.42 Å². The van der Waals surface area contributed by atoms with Gasteiger partial charge in [-0.25, -0.2) is 4.39 Å². The second-order valence-electron chi connectivity index (χ2n) is 4.59. The van der Waals surface area contributed by atoms with Crippen molar-refractivity contribution in [3.63, 3.8) is 0 Å². The number of aromatic nitrogens is 1. The fourth-order valence-corrected chi connectivity index (χ4v) is 2.07. The van der Waals surface area contributed by atoms with Crippen molar-refractivity contribution in [2.24, 2.45) is 0 Å². The molecule has 0 aliphatic rings. The van der Waals surface area contributed by atoms with Crippen LogP contribution in [0.5, 0.6) is 0 Å². The molecule has 0 atom stereocenters. The van der Waals surface area contributed by atoms with Gasteiger partial charge in [0.1, 0.15) is 5.82 Å². The Kier molecular flexibility index (Phi) is 4.00. The average molecular weight is 260 g/mol. The Morgan fingerprint density at radius 3 is 2.68 bits per heavy atom. The molecule has 0 aliphatic carbocycles. The van der Waals surface area contributed by atoms with Crippen molar-refractivity contribution in [1.82, 2.24) is 10.3 Å². The van der Waals surface area contributed by atoms with Crippen molar-refractivity contribution in [2.45, 2.75) is 20.3 Å². The largest absolute Gasteiger partial charge is 0.362 e. The van der Waals surface area contributed by atoms with Gasteiger partial charge in [0.15, 0.2) is 0 Å². The third-order valence-corrected chi connectivity index (χ3v) is 3.03. The van der Waals surface area contributed by atoms with E-state index in [4.69, 9.17) is 0 Å². The van der Waals surface area contributed by atoms with E-state index in [-0.39, 0.29) is 11.7 Å². The molecule has 100 valence electrons. The van der Waals surface area contributed by atoms with E-state index in [0.717, 1.165) is 11.4 Å². The lowest BCUT2D eigenvalue weighted by Crippen LogP contribution is -2.26. The first-order chi connectivity index (χ1) is 9.08. The van der Waals surface area contributed by atoms with Gasteiger partial charge in [0.05, 0.1) is 5.56 Å². The van der Waals surface area contributed by atoms with Crippen molar-refractivity contribution >= 4 is 5.91 Å². The number of rotatable bonds is 4.